The topological polar surface area (TPSA) is 106 Å². The molecule has 0 aromatic heterocycles. The summed E-state index contributed by atoms with van der Waals surface area (Å²) < 4.78 is 0. The molecule has 6 heteroatoms. The van der Waals surface area contributed by atoms with Crippen molar-refractivity contribution in [3.8, 4) is 0 Å². The molecule has 1 aromatic rings. The van der Waals surface area contributed by atoms with Gasteiger partial charge >= 0.3 is 5.97 Å². The Morgan fingerprint density at radius 2 is 2.25 bits per heavy atom. The summed E-state index contributed by atoms with van der Waals surface area (Å²) in [6, 6.07) is 5.69. The van der Waals surface area contributed by atoms with Gasteiger partial charge in [-0.2, -0.15) is 0 Å². The highest BCUT2D eigenvalue weighted by atomic mass is 16.6. The van der Waals surface area contributed by atoms with Crippen LogP contribution in [0.1, 0.15) is 18.9 Å². The Kier molecular flexibility index (Phi) is 3.24. The first-order valence-electron chi connectivity index (χ1n) is 4.58. The lowest BCUT2D eigenvalue weighted by atomic mass is 9.89. The molecule has 0 saturated carbocycles. The number of carbonyl (C=O) groups is 1. The molecule has 0 saturated heterocycles. The Morgan fingerprint density at radius 1 is 1.62 bits per heavy atom. The van der Waals surface area contributed by atoms with Crippen LogP contribution in [0.25, 0.3) is 0 Å². The number of nitrogens with two attached hydrogens (primary N) is 1. The van der Waals surface area contributed by atoms with Crippen LogP contribution in [-0.4, -0.2) is 16.0 Å². The summed E-state index contributed by atoms with van der Waals surface area (Å²) in [6.45, 7) is 1.53. The number of nitrogens with zero attached hydrogens (tertiary/aromatic N) is 1. The number of hydrogen-bond donors (Lipinski definition) is 2. The standard InChI is InChI=1S/C10H12N2O4/c1-10(11,6-9(13)14)7-3-2-4-8(5-7)12(15)16/h2-5H,6,11H2,1H3,(H,13,14)/t10-/m0/s1. The average molecular weight is 224 g/mol. The van der Waals surface area contributed by atoms with Gasteiger partial charge in [0.15, 0.2) is 0 Å². The van der Waals surface area contributed by atoms with Crippen LogP contribution in [-0.2, 0) is 10.3 Å². The molecule has 0 spiro atoms. The number of hydrogen-bond acceptors (Lipinski definition) is 4. The molecule has 1 rings (SSSR count). The van der Waals surface area contributed by atoms with E-state index < -0.39 is 16.4 Å². The van der Waals surface area contributed by atoms with Gasteiger partial charge in [-0.1, -0.05) is 12.1 Å². The monoisotopic (exact) mass is 224 g/mol. The highest BCUT2D eigenvalue weighted by Gasteiger charge is 2.26. The van der Waals surface area contributed by atoms with Gasteiger partial charge in [-0.25, -0.2) is 0 Å². The number of nitro benzene ring substituents is 1. The Labute approximate surface area is 91.8 Å². The molecular weight excluding hydrogens is 212 g/mol. The van der Waals surface area contributed by atoms with Gasteiger partial charge in [0, 0.05) is 17.7 Å². The molecule has 0 aliphatic rings. The van der Waals surface area contributed by atoms with Crippen LogP contribution in [0.4, 0.5) is 5.69 Å². The lowest BCUT2D eigenvalue weighted by Gasteiger charge is -2.22. The highest BCUT2D eigenvalue weighted by Crippen LogP contribution is 2.24. The van der Waals surface area contributed by atoms with Gasteiger partial charge in [0.1, 0.15) is 0 Å². The average Bonchev–Trinajstić information content (AvgIpc) is 2.16. The van der Waals surface area contributed by atoms with E-state index in [0.29, 0.717) is 5.56 Å². The molecule has 0 unspecified atom stereocenters. The summed E-state index contributed by atoms with van der Waals surface area (Å²) in [5, 5.41) is 19.2. The first kappa shape index (κ1) is 12.1. The summed E-state index contributed by atoms with van der Waals surface area (Å²) in [4.78, 5) is 20.6. The van der Waals surface area contributed by atoms with Crippen LogP contribution in [0.2, 0.25) is 0 Å². The molecule has 0 radical (unpaired) electrons. The minimum absolute atomic E-state index is 0.0976. The fraction of sp³-hybridized carbons (Fsp3) is 0.300. The molecule has 0 aliphatic carbocycles. The smallest absolute Gasteiger partial charge is 0.305 e. The number of aliphatic carboxylic acids is 1. The molecule has 86 valence electrons. The second kappa shape index (κ2) is 4.28. The Balaban J connectivity index is 3.07. The zero-order valence-electron chi connectivity index (χ0n) is 8.71. The van der Waals surface area contributed by atoms with E-state index >= 15 is 0 Å². The second-order valence-corrected chi connectivity index (χ2v) is 3.80. The fourth-order valence-corrected chi connectivity index (χ4v) is 1.39. The number of benzene rings is 1. The van der Waals surface area contributed by atoms with Crippen molar-refractivity contribution in [1.82, 2.24) is 0 Å². The van der Waals surface area contributed by atoms with E-state index in [1.54, 1.807) is 6.07 Å². The summed E-state index contributed by atoms with van der Waals surface area (Å²) in [7, 11) is 0. The van der Waals surface area contributed by atoms with Crippen LogP contribution >= 0.6 is 0 Å². The van der Waals surface area contributed by atoms with Crippen LogP contribution in [0.3, 0.4) is 0 Å². The molecule has 1 atom stereocenters. The normalized spacial score (nSPS) is 14.1. The minimum atomic E-state index is -1.11. The Morgan fingerprint density at radius 3 is 2.75 bits per heavy atom. The first-order chi connectivity index (χ1) is 7.33. The molecule has 6 nitrogen and oxygen atoms in total. The van der Waals surface area contributed by atoms with Crippen molar-refractivity contribution >= 4 is 11.7 Å². The third-order valence-electron chi connectivity index (χ3n) is 2.23. The van der Waals surface area contributed by atoms with Gasteiger partial charge in [-0.05, 0) is 12.5 Å². The van der Waals surface area contributed by atoms with E-state index in [0.717, 1.165) is 0 Å². The van der Waals surface area contributed by atoms with Crippen LogP contribution in [0.5, 0.6) is 0 Å². The number of non-ortho nitro benzene ring substituents is 1. The van der Waals surface area contributed by atoms with E-state index in [9.17, 15) is 14.9 Å². The maximum atomic E-state index is 10.6. The number of carboxylic acids is 1. The molecule has 0 fully saturated rings. The molecule has 0 amide bonds. The van der Waals surface area contributed by atoms with Gasteiger partial charge in [0.25, 0.3) is 5.69 Å². The zero-order chi connectivity index (χ0) is 12.3. The maximum Gasteiger partial charge on any atom is 0.305 e. The van der Waals surface area contributed by atoms with Gasteiger partial charge in [0.05, 0.1) is 11.3 Å². The molecule has 1 aromatic carbocycles. The predicted octanol–water partition coefficient (Wildman–Crippen LogP) is 1.24. The molecular formula is C10H12N2O4. The number of rotatable bonds is 4. The quantitative estimate of drug-likeness (QED) is 0.591. The molecule has 0 heterocycles. The van der Waals surface area contributed by atoms with E-state index in [1.807, 2.05) is 0 Å². The predicted molar refractivity (Wildman–Crippen MR) is 56.9 cm³/mol. The van der Waals surface area contributed by atoms with E-state index in [-0.39, 0.29) is 12.1 Å². The third kappa shape index (κ3) is 2.77. The van der Waals surface area contributed by atoms with Crippen LogP contribution in [0, 0.1) is 10.1 Å². The van der Waals surface area contributed by atoms with E-state index in [4.69, 9.17) is 10.8 Å². The number of carboxylic acid groups (broad SMARTS) is 1. The van der Waals surface area contributed by atoms with Gasteiger partial charge in [-0.15, -0.1) is 0 Å². The highest BCUT2D eigenvalue weighted by molar-refractivity contribution is 5.68. The van der Waals surface area contributed by atoms with Crippen molar-refractivity contribution in [3.63, 3.8) is 0 Å². The van der Waals surface area contributed by atoms with Crippen molar-refractivity contribution in [2.24, 2.45) is 5.73 Å². The lowest BCUT2D eigenvalue weighted by Crippen LogP contribution is -2.35. The van der Waals surface area contributed by atoms with Crippen molar-refractivity contribution in [3.05, 3.63) is 39.9 Å². The van der Waals surface area contributed by atoms with E-state index in [2.05, 4.69) is 0 Å². The first-order valence-corrected chi connectivity index (χ1v) is 4.58. The Hall–Kier alpha value is -1.95. The molecule has 0 bridgehead atoms. The van der Waals surface area contributed by atoms with E-state index in [1.165, 1.54) is 25.1 Å². The SMILES string of the molecule is C[C@](N)(CC(=O)O)c1cccc([N+](=O)[O-])c1. The van der Waals surface area contributed by atoms with Gasteiger partial charge in [0.2, 0.25) is 0 Å². The van der Waals surface area contributed by atoms with Crippen molar-refractivity contribution in [1.29, 1.82) is 0 Å². The van der Waals surface area contributed by atoms with Crippen molar-refractivity contribution in [2.75, 3.05) is 0 Å². The number of nitro groups is 1. The summed E-state index contributed by atoms with van der Waals surface area (Å²) >= 11 is 0. The molecule has 16 heavy (non-hydrogen) atoms. The largest absolute Gasteiger partial charge is 0.481 e. The fourth-order valence-electron chi connectivity index (χ4n) is 1.39. The Bertz CT molecular complexity index is 429. The van der Waals surface area contributed by atoms with Gasteiger partial charge in [-0.3, -0.25) is 14.9 Å². The lowest BCUT2D eigenvalue weighted by molar-refractivity contribution is -0.385. The van der Waals surface area contributed by atoms with Crippen LogP contribution in [0.15, 0.2) is 24.3 Å². The van der Waals surface area contributed by atoms with Gasteiger partial charge < -0.3 is 10.8 Å². The van der Waals surface area contributed by atoms with Crippen molar-refractivity contribution < 1.29 is 14.8 Å². The summed E-state index contributed by atoms with van der Waals surface area (Å²) in [6.07, 6.45) is -0.284. The maximum absolute atomic E-state index is 10.6. The third-order valence-corrected chi connectivity index (χ3v) is 2.23. The molecule has 0 aliphatic heterocycles. The van der Waals surface area contributed by atoms with Crippen molar-refractivity contribution in [2.45, 2.75) is 18.9 Å². The summed E-state index contributed by atoms with van der Waals surface area (Å²) in [5.74, 6) is -1.04. The zero-order valence-corrected chi connectivity index (χ0v) is 8.71. The second-order valence-electron chi connectivity index (χ2n) is 3.80. The van der Waals surface area contributed by atoms with Crippen LogP contribution < -0.4 is 5.73 Å². The molecule has 3 N–H and O–H groups in total. The summed E-state index contributed by atoms with van der Waals surface area (Å²) in [5.41, 5.74) is 5.03. The minimum Gasteiger partial charge on any atom is -0.481 e.